The summed E-state index contributed by atoms with van der Waals surface area (Å²) >= 11 is 0. The number of nitrogens with two attached hydrogens (primary N) is 1. The van der Waals surface area contributed by atoms with Crippen LogP contribution in [0.5, 0.6) is 0 Å². The van der Waals surface area contributed by atoms with E-state index < -0.39 is 0 Å². The Hall–Kier alpha value is -3.26. The van der Waals surface area contributed by atoms with Gasteiger partial charge in [0.2, 0.25) is 0 Å². The van der Waals surface area contributed by atoms with E-state index >= 15 is 0 Å². The van der Waals surface area contributed by atoms with Crippen molar-refractivity contribution in [2.24, 2.45) is 10.7 Å². The molecular weight excluding hydrogens is 402 g/mol. The molecule has 3 N–H and O–H groups in total. The van der Waals surface area contributed by atoms with Gasteiger partial charge >= 0.3 is 0 Å². The average Bonchev–Trinajstić information content (AvgIpc) is 2.79. The van der Waals surface area contributed by atoms with Crippen molar-refractivity contribution in [2.45, 2.75) is 53.2 Å². The van der Waals surface area contributed by atoms with Gasteiger partial charge in [0.1, 0.15) is 6.17 Å². The highest BCUT2D eigenvalue weighted by Crippen LogP contribution is 2.29. The van der Waals surface area contributed by atoms with Crippen LogP contribution in [0.4, 0.5) is 0 Å². The number of aryl methyl sites for hydroxylation is 1. The molecular formula is C24H31N7O. The lowest BCUT2D eigenvalue weighted by molar-refractivity contribution is 0.204. The molecule has 2 aliphatic rings. The quantitative estimate of drug-likeness (QED) is 0.703. The number of aromatic nitrogens is 3. The minimum absolute atomic E-state index is 0.0860. The molecule has 0 aromatic carbocycles. The number of hydrogen-bond donors (Lipinski definition) is 2. The summed E-state index contributed by atoms with van der Waals surface area (Å²) < 4.78 is 1.57. The zero-order chi connectivity index (χ0) is 22.8. The fourth-order valence-corrected chi connectivity index (χ4v) is 4.26. The molecule has 0 radical (unpaired) electrons. The SMILES string of the molecule is CCCN=C/C(=C\N)c1cnc2c(c1)CN(C1Nn3c(nc(C)cc3=O)C(C)=C1C)CC2. The number of nitrogens with zero attached hydrogens (tertiary/aromatic N) is 5. The van der Waals surface area contributed by atoms with Gasteiger partial charge in [0.15, 0.2) is 5.82 Å². The highest BCUT2D eigenvalue weighted by atomic mass is 16.1. The van der Waals surface area contributed by atoms with Crippen molar-refractivity contribution in [2.75, 3.05) is 18.5 Å². The highest BCUT2D eigenvalue weighted by Gasteiger charge is 2.31. The largest absolute Gasteiger partial charge is 0.404 e. The standard InChI is InChI=1S/C24H31N7O/c1-5-7-26-12-20(11-25)18-10-19-14-30(8-6-21(19)27-13-18)24-17(4)16(3)23-28-15(2)9-22(32)31(23)29-24/h9-13,24,29H,5-8,14,25H2,1-4H3/b20-11+,26-12?. The smallest absolute Gasteiger partial charge is 0.272 e. The first-order valence-electron chi connectivity index (χ1n) is 11.1. The zero-order valence-corrected chi connectivity index (χ0v) is 19.2. The van der Waals surface area contributed by atoms with Gasteiger partial charge in [-0.1, -0.05) is 6.92 Å². The second-order valence-electron chi connectivity index (χ2n) is 8.44. The van der Waals surface area contributed by atoms with Crippen LogP contribution in [0, 0.1) is 6.92 Å². The zero-order valence-electron chi connectivity index (χ0n) is 19.2. The average molecular weight is 434 g/mol. The molecule has 1 unspecified atom stereocenters. The van der Waals surface area contributed by atoms with E-state index in [0.717, 1.165) is 60.6 Å². The number of hydrogen-bond acceptors (Lipinski definition) is 7. The Balaban J connectivity index is 1.62. The van der Waals surface area contributed by atoms with Crippen LogP contribution in [0.15, 0.2) is 39.9 Å². The molecule has 8 heteroatoms. The Morgan fingerprint density at radius 3 is 2.91 bits per heavy atom. The number of aliphatic imine (C=N–C) groups is 1. The number of fused-ring (bicyclic) bond motifs is 2. The summed E-state index contributed by atoms with van der Waals surface area (Å²) in [6, 6.07) is 3.72. The molecule has 0 fully saturated rings. The Bertz CT molecular complexity index is 1180. The maximum atomic E-state index is 12.6. The Morgan fingerprint density at radius 2 is 2.16 bits per heavy atom. The van der Waals surface area contributed by atoms with Gasteiger partial charge < -0.3 is 5.73 Å². The van der Waals surface area contributed by atoms with Gasteiger partial charge in [0.05, 0.1) is 0 Å². The lowest BCUT2D eigenvalue weighted by Gasteiger charge is -2.40. The van der Waals surface area contributed by atoms with Crippen molar-refractivity contribution in [3.63, 3.8) is 0 Å². The second-order valence-corrected chi connectivity index (χ2v) is 8.44. The van der Waals surface area contributed by atoms with E-state index in [2.05, 4.69) is 40.2 Å². The van der Waals surface area contributed by atoms with Crippen molar-refractivity contribution in [1.82, 2.24) is 19.5 Å². The van der Waals surface area contributed by atoms with Gasteiger partial charge in [-0.3, -0.25) is 25.1 Å². The van der Waals surface area contributed by atoms with Crippen molar-refractivity contribution in [3.05, 3.63) is 68.8 Å². The Morgan fingerprint density at radius 1 is 1.34 bits per heavy atom. The van der Waals surface area contributed by atoms with Crippen LogP contribution in [-0.2, 0) is 13.0 Å². The summed E-state index contributed by atoms with van der Waals surface area (Å²) in [4.78, 5) is 28.7. The van der Waals surface area contributed by atoms with E-state index in [4.69, 9.17) is 10.7 Å². The van der Waals surface area contributed by atoms with Crippen LogP contribution in [0.25, 0.3) is 11.1 Å². The summed E-state index contributed by atoms with van der Waals surface area (Å²) in [5.41, 5.74) is 16.2. The molecule has 4 heterocycles. The second kappa shape index (κ2) is 9.08. The molecule has 1 atom stereocenters. The molecule has 8 nitrogen and oxygen atoms in total. The third kappa shape index (κ3) is 4.10. The van der Waals surface area contributed by atoms with Gasteiger partial charge in [-0.15, -0.1) is 0 Å². The molecule has 2 aromatic heterocycles. The van der Waals surface area contributed by atoms with Gasteiger partial charge in [0, 0.05) is 73.3 Å². The third-order valence-electron chi connectivity index (χ3n) is 6.17. The van der Waals surface area contributed by atoms with E-state index in [-0.39, 0.29) is 11.7 Å². The number of pyridine rings is 1. The van der Waals surface area contributed by atoms with E-state index in [0.29, 0.717) is 5.82 Å². The fraction of sp³-hybridized carbons (Fsp3) is 0.417. The van der Waals surface area contributed by atoms with E-state index in [1.807, 2.05) is 26.3 Å². The van der Waals surface area contributed by atoms with Crippen LogP contribution in [-0.4, -0.2) is 45.0 Å². The topological polar surface area (TPSA) is 101 Å². The molecule has 0 saturated carbocycles. The molecule has 32 heavy (non-hydrogen) atoms. The Kier molecular flexibility index (Phi) is 6.23. The molecule has 0 aliphatic carbocycles. The summed E-state index contributed by atoms with van der Waals surface area (Å²) in [6.07, 6.45) is 7.04. The minimum atomic E-state index is -0.0881. The van der Waals surface area contributed by atoms with E-state index in [1.54, 1.807) is 16.9 Å². The summed E-state index contributed by atoms with van der Waals surface area (Å²) in [5, 5.41) is 0. The van der Waals surface area contributed by atoms with Crippen molar-refractivity contribution < 1.29 is 0 Å². The van der Waals surface area contributed by atoms with Crippen LogP contribution < -0.4 is 16.7 Å². The number of allylic oxidation sites excluding steroid dienone is 2. The number of rotatable bonds is 5. The lowest BCUT2D eigenvalue weighted by atomic mass is 9.98. The summed E-state index contributed by atoms with van der Waals surface area (Å²) in [7, 11) is 0. The van der Waals surface area contributed by atoms with Crippen molar-refractivity contribution in [3.8, 4) is 0 Å². The van der Waals surface area contributed by atoms with Gasteiger partial charge in [-0.05, 0) is 50.0 Å². The van der Waals surface area contributed by atoms with Gasteiger partial charge in [-0.2, -0.15) is 0 Å². The molecule has 4 rings (SSSR count). The third-order valence-corrected chi connectivity index (χ3v) is 6.17. The maximum absolute atomic E-state index is 12.6. The molecule has 168 valence electrons. The predicted octanol–water partition coefficient (Wildman–Crippen LogP) is 2.46. The Labute approximate surface area is 188 Å². The normalized spacial score (nSPS) is 19.1. The van der Waals surface area contributed by atoms with Crippen LogP contribution in [0.3, 0.4) is 0 Å². The van der Waals surface area contributed by atoms with Crippen molar-refractivity contribution >= 4 is 17.4 Å². The predicted molar refractivity (Wildman–Crippen MR) is 129 cm³/mol. The van der Waals surface area contributed by atoms with Crippen LogP contribution in [0.1, 0.15) is 55.5 Å². The monoisotopic (exact) mass is 433 g/mol. The van der Waals surface area contributed by atoms with Crippen LogP contribution >= 0.6 is 0 Å². The first-order chi connectivity index (χ1) is 15.4. The van der Waals surface area contributed by atoms with E-state index in [1.165, 1.54) is 11.1 Å². The van der Waals surface area contributed by atoms with E-state index in [9.17, 15) is 4.79 Å². The maximum Gasteiger partial charge on any atom is 0.272 e. The molecule has 2 aromatic rings. The van der Waals surface area contributed by atoms with Gasteiger partial charge in [0.25, 0.3) is 5.56 Å². The molecule has 0 amide bonds. The van der Waals surface area contributed by atoms with Crippen LogP contribution in [0.2, 0.25) is 0 Å². The molecule has 2 aliphatic heterocycles. The first kappa shape index (κ1) is 22.0. The lowest BCUT2D eigenvalue weighted by Crippen LogP contribution is -2.52. The minimum Gasteiger partial charge on any atom is -0.404 e. The fourth-order valence-electron chi connectivity index (χ4n) is 4.26. The number of nitrogens with one attached hydrogen (secondary N) is 1. The highest BCUT2D eigenvalue weighted by molar-refractivity contribution is 6.09. The molecule has 0 saturated heterocycles. The first-order valence-corrected chi connectivity index (χ1v) is 11.1. The van der Waals surface area contributed by atoms with Gasteiger partial charge in [-0.25, -0.2) is 9.66 Å². The molecule has 0 bridgehead atoms. The summed E-state index contributed by atoms with van der Waals surface area (Å²) in [5.74, 6) is 0.689. The molecule has 0 spiro atoms. The summed E-state index contributed by atoms with van der Waals surface area (Å²) in [6.45, 7) is 10.4. The van der Waals surface area contributed by atoms with Crippen molar-refractivity contribution in [1.29, 1.82) is 0 Å².